The predicted molar refractivity (Wildman–Crippen MR) is 73.9 cm³/mol. The molecule has 2 amide bonds. The Labute approximate surface area is 123 Å². The minimum absolute atomic E-state index is 0.0135. The molecule has 0 saturated carbocycles. The van der Waals surface area contributed by atoms with E-state index in [-0.39, 0.29) is 23.5 Å². The fourth-order valence-corrected chi connectivity index (χ4v) is 2.24. The Morgan fingerprint density at radius 3 is 2.32 bits per heavy atom. The summed E-state index contributed by atoms with van der Waals surface area (Å²) in [6, 6.07) is 6.68. The van der Waals surface area contributed by atoms with Crippen LogP contribution in [0, 0.1) is 15.5 Å². The molecule has 0 fully saturated rings. The molecule has 0 saturated heterocycles. The van der Waals surface area contributed by atoms with Gasteiger partial charge in [0, 0.05) is 24.5 Å². The molecule has 2 aromatic rings. The van der Waals surface area contributed by atoms with Crippen molar-refractivity contribution in [1.82, 2.24) is 9.47 Å². The Morgan fingerprint density at radius 1 is 1.05 bits per heavy atom. The molecule has 3 rings (SSSR count). The van der Waals surface area contributed by atoms with Crippen molar-refractivity contribution >= 4 is 17.5 Å². The third-order valence-corrected chi connectivity index (χ3v) is 3.36. The van der Waals surface area contributed by atoms with Gasteiger partial charge in [-0.2, -0.15) is 0 Å². The maximum atomic E-state index is 12.3. The van der Waals surface area contributed by atoms with Crippen molar-refractivity contribution in [3.05, 3.63) is 69.3 Å². The number of carbonyl (C=O) groups is 2. The predicted octanol–water partition coefficient (Wildman–Crippen LogP) is 1.13. The molecule has 2 heterocycles. The number of carbonyl (C=O) groups excluding carboxylic acids is 2. The lowest BCUT2D eigenvalue weighted by Gasteiger charge is -2.15. The number of aromatic nitrogens is 1. The van der Waals surface area contributed by atoms with Crippen LogP contribution in [0.15, 0.2) is 42.7 Å². The van der Waals surface area contributed by atoms with E-state index in [0.717, 1.165) is 11.0 Å². The van der Waals surface area contributed by atoms with Crippen molar-refractivity contribution in [2.45, 2.75) is 6.67 Å². The molecule has 0 aliphatic carbocycles. The van der Waals surface area contributed by atoms with E-state index in [2.05, 4.69) is 0 Å². The molecule has 1 aromatic heterocycles. The van der Waals surface area contributed by atoms with Gasteiger partial charge in [-0.05, 0) is 18.2 Å². The van der Waals surface area contributed by atoms with E-state index in [4.69, 9.17) is 5.41 Å². The number of pyridine rings is 1. The third-order valence-electron chi connectivity index (χ3n) is 3.36. The van der Waals surface area contributed by atoms with Crippen molar-refractivity contribution in [3.63, 3.8) is 0 Å². The highest BCUT2D eigenvalue weighted by Gasteiger charge is 2.36. The molecular formula is C14H10N4O4. The van der Waals surface area contributed by atoms with Crippen LogP contribution in [0.5, 0.6) is 0 Å². The molecule has 1 aliphatic heterocycles. The summed E-state index contributed by atoms with van der Waals surface area (Å²) >= 11 is 0. The zero-order valence-corrected chi connectivity index (χ0v) is 11.2. The first-order chi connectivity index (χ1) is 10.5. The van der Waals surface area contributed by atoms with Crippen LogP contribution >= 0.6 is 0 Å². The van der Waals surface area contributed by atoms with Crippen LogP contribution < -0.4 is 5.36 Å². The SMILES string of the molecule is N=c1ccn(CN2C(=O)c3ccc([N+](=O)[O-])cc3C2=O)cc1. The van der Waals surface area contributed by atoms with Crippen molar-refractivity contribution in [2.24, 2.45) is 0 Å². The quantitative estimate of drug-likeness (QED) is 0.520. The fourth-order valence-electron chi connectivity index (χ4n) is 2.24. The molecule has 1 N–H and O–H groups in total. The van der Waals surface area contributed by atoms with Gasteiger partial charge in [0.2, 0.25) is 0 Å². The number of rotatable bonds is 3. The molecule has 0 radical (unpaired) electrons. The van der Waals surface area contributed by atoms with Gasteiger partial charge in [0.05, 0.1) is 21.4 Å². The number of nitrogens with zero attached hydrogens (tertiary/aromatic N) is 3. The van der Waals surface area contributed by atoms with Gasteiger partial charge in [-0.25, -0.2) is 0 Å². The topological polar surface area (TPSA) is 109 Å². The second-order valence-electron chi connectivity index (χ2n) is 4.77. The third kappa shape index (κ3) is 2.16. The second kappa shape index (κ2) is 4.92. The van der Waals surface area contributed by atoms with E-state index in [1.165, 1.54) is 24.3 Å². The number of amides is 2. The number of nitro benzene ring substituents is 1. The van der Waals surface area contributed by atoms with Gasteiger partial charge < -0.3 is 9.98 Å². The molecule has 0 bridgehead atoms. The minimum atomic E-state index is -0.609. The first-order valence-electron chi connectivity index (χ1n) is 6.33. The smallest absolute Gasteiger partial charge is 0.270 e. The van der Waals surface area contributed by atoms with Gasteiger partial charge in [0.15, 0.2) is 0 Å². The molecule has 8 heteroatoms. The van der Waals surface area contributed by atoms with E-state index in [1.807, 2.05) is 0 Å². The summed E-state index contributed by atoms with van der Waals surface area (Å²) in [7, 11) is 0. The van der Waals surface area contributed by atoms with E-state index in [0.29, 0.717) is 5.36 Å². The normalized spacial score (nSPS) is 13.4. The Morgan fingerprint density at radius 2 is 1.68 bits per heavy atom. The van der Waals surface area contributed by atoms with Gasteiger partial charge in [-0.3, -0.25) is 24.6 Å². The largest absolute Gasteiger partial charge is 0.336 e. The summed E-state index contributed by atoms with van der Waals surface area (Å²) in [6.07, 6.45) is 3.16. The maximum Gasteiger partial charge on any atom is 0.270 e. The number of hydrogen-bond acceptors (Lipinski definition) is 5. The Hall–Kier alpha value is -3.29. The average Bonchev–Trinajstić information content (AvgIpc) is 2.74. The number of non-ortho nitro benzene ring substituents is 1. The van der Waals surface area contributed by atoms with Gasteiger partial charge >= 0.3 is 0 Å². The number of nitrogens with one attached hydrogen (secondary N) is 1. The van der Waals surface area contributed by atoms with Crippen molar-refractivity contribution in [3.8, 4) is 0 Å². The summed E-state index contributed by atoms with van der Waals surface area (Å²) < 4.78 is 1.58. The molecule has 22 heavy (non-hydrogen) atoms. The van der Waals surface area contributed by atoms with Crippen molar-refractivity contribution < 1.29 is 14.5 Å². The highest BCUT2D eigenvalue weighted by atomic mass is 16.6. The van der Waals surface area contributed by atoms with Crippen LogP contribution in [0.3, 0.4) is 0 Å². The van der Waals surface area contributed by atoms with Crippen LogP contribution in [-0.2, 0) is 6.67 Å². The summed E-state index contributed by atoms with van der Waals surface area (Å²) in [6.45, 7) is -0.0135. The first kappa shape index (κ1) is 13.7. The monoisotopic (exact) mass is 298 g/mol. The Kier molecular flexibility index (Phi) is 3.06. The number of fused-ring (bicyclic) bond motifs is 1. The lowest BCUT2D eigenvalue weighted by Crippen LogP contribution is -2.32. The summed E-state index contributed by atoms with van der Waals surface area (Å²) in [4.78, 5) is 35.7. The Bertz CT molecular complexity index is 851. The van der Waals surface area contributed by atoms with Crippen LogP contribution in [0.25, 0.3) is 0 Å². The second-order valence-corrected chi connectivity index (χ2v) is 4.77. The molecule has 1 aromatic carbocycles. The van der Waals surface area contributed by atoms with Crippen molar-refractivity contribution in [1.29, 1.82) is 5.41 Å². The van der Waals surface area contributed by atoms with E-state index in [1.54, 1.807) is 17.0 Å². The molecule has 1 aliphatic rings. The standard InChI is InChI=1S/C14H10N4O4/c15-9-3-5-16(6-4-9)8-17-13(19)11-2-1-10(18(21)22)7-12(11)14(17)20/h1-7,15H,8H2. The van der Waals surface area contributed by atoms with E-state index < -0.39 is 16.7 Å². The number of hydrogen-bond donors (Lipinski definition) is 1. The lowest BCUT2D eigenvalue weighted by molar-refractivity contribution is -0.384. The Balaban J connectivity index is 1.94. The fraction of sp³-hybridized carbons (Fsp3) is 0.0714. The summed E-state index contributed by atoms with van der Waals surface area (Å²) in [5.41, 5.74) is -0.0295. The van der Waals surface area contributed by atoms with Crippen LogP contribution in [0.2, 0.25) is 0 Å². The van der Waals surface area contributed by atoms with Gasteiger partial charge in [0.25, 0.3) is 17.5 Å². The summed E-state index contributed by atoms with van der Waals surface area (Å²) in [5.74, 6) is -1.05. The summed E-state index contributed by atoms with van der Waals surface area (Å²) in [5, 5.41) is 18.5. The van der Waals surface area contributed by atoms with Gasteiger partial charge in [-0.1, -0.05) is 0 Å². The van der Waals surface area contributed by atoms with E-state index >= 15 is 0 Å². The van der Waals surface area contributed by atoms with Crippen LogP contribution in [0.4, 0.5) is 5.69 Å². The van der Waals surface area contributed by atoms with Gasteiger partial charge in [0.1, 0.15) is 6.67 Å². The number of benzene rings is 1. The molecule has 0 spiro atoms. The molecule has 0 atom stereocenters. The zero-order valence-electron chi connectivity index (χ0n) is 11.2. The van der Waals surface area contributed by atoms with Gasteiger partial charge in [-0.15, -0.1) is 0 Å². The highest BCUT2D eigenvalue weighted by molar-refractivity contribution is 6.21. The minimum Gasteiger partial charge on any atom is -0.336 e. The lowest BCUT2D eigenvalue weighted by atomic mass is 10.1. The first-order valence-corrected chi connectivity index (χ1v) is 6.33. The van der Waals surface area contributed by atoms with E-state index in [9.17, 15) is 19.7 Å². The van der Waals surface area contributed by atoms with Crippen LogP contribution in [-0.4, -0.2) is 26.2 Å². The van der Waals surface area contributed by atoms with Crippen LogP contribution in [0.1, 0.15) is 20.7 Å². The molecule has 8 nitrogen and oxygen atoms in total. The molecular weight excluding hydrogens is 288 g/mol. The number of imide groups is 1. The molecule has 110 valence electrons. The average molecular weight is 298 g/mol. The zero-order chi connectivity index (χ0) is 15.9. The van der Waals surface area contributed by atoms with Crippen molar-refractivity contribution in [2.75, 3.05) is 0 Å². The maximum absolute atomic E-state index is 12.3. The highest BCUT2D eigenvalue weighted by Crippen LogP contribution is 2.27. The number of nitro groups is 1. The molecule has 0 unspecified atom stereocenters.